The third-order valence-electron chi connectivity index (χ3n) is 3.23. The quantitative estimate of drug-likeness (QED) is 0.501. The molecule has 0 radical (unpaired) electrons. The molecule has 0 heterocycles. The van der Waals surface area contributed by atoms with Crippen LogP contribution >= 0.6 is 0 Å². The van der Waals surface area contributed by atoms with Crippen molar-refractivity contribution in [2.24, 2.45) is 0 Å². The Morgan fingerprint density at radius 3 is 2.26 bits per heavy atom. The van der Waals surface area contributed by atoms with Gasteiger partial charge in [0.25, 0.3) is 0 Å². The van der Waals surface area contributed by atoms with Crippen LogP contribution in [-0.2, 0) is 26.0 Å². The number of hydrogen-bond donors (Lipinski definition) is 4. The van der Waals surface area contributed by atoms with Gasteiger partial charge in [-0.05, 0) is 38.1 Å². The molecule has 0 fully saturated rings. The number of hydrogen-bond acceptors (Lipinski definition) is 5. The monoisotopic (exact) mass is 344 g/mol. The van der Waals surface area contributed by atoms with Gasteiger partial charge in [0, 0.05) is 6.42 Å². The van der Waals surface area contributed by atoms with E-state index in [0.29, 0.717) is 6.42 Å². The molecule has 8 nitrogen and oxygen atoms in total. The van der Waals surface area contributed by atoms with E-state index >= 15 is 0 Å². The van der Waals surface area contributed by atoms with Crippen LogP contribution in [0.2, 0.25) is 0 Å². The lowest BCUT2D eigenvalue weighted by Gasteiger charge is -2.18. The number of rotatable bonds is 8. The second kappa shape index (κ2) is 7.53. The molecular weight excluding hydrogens is 324 g/mol. The molecule has 0 saturated carbocycles. The molecule has 4 N–H and O–H groups in total. The first-order chi connectivity index (χ1) is 10.6. The van der Waals surface area contributed by atoms with Crippen LogP contribution in [0.1, 0.15) is 18.9 Å². The standard InChI is InChI=1S/C14H20N2O6S/c1-14(20,13(18)19)9-16-12(17)8-5-10-3-6-11(7-4-10)23(21,22)15-2/h3-4,6-7,15,20H,5,8-9H2,1-2H3,(H,16,17)(H,18,19). The van der Waals surface area contributed by atoms with Gasteiger partial charge in [0.1, 0.15) is 0 Å². The number of carbonyl (C=O) groups excluding carboxylic acids is 1. The highest BCUT2D eigenvalue weighted by Gasteiger charge is 2.30. The van der Waals surface area contributed by atoms with Gasteiger partial charge in [0.2, 0.25) is 15.9 Å². The maximum Gasteiger partial charge on any atom is 0.337 e. The molecule has 0 aliphatic heterocycles. The molecule has 1 rings (SSSR count). The summed E-state index contributed by atoms with van der Waals surface area (Å²) in [5, 5.41) is 20.5. The van der Waals surface area contributed by atoms with Crippen LogP contribution in [0, 0.1) is 0 Å². The number of nitrogens with one attached hydrogen (secondary N) is 2. The Morgan fingerprint density at radius 2 is 1.78 bits per heavy atom. The Labute approximate surface area is 134 Å². The molecule has 0 aromatic heterocycles. The van der Waals surface area contributed by atoms with E-state index in [1.165, 1.54) is 19.2 Å². The summed E-state index contributed by atoms with van der Waals surface area (Å²) in [5.74, 6) is -1.82. The normalized spacial score (nSPS) is 14.0. The SMILES string of the molecule is CNS(=O)(=O)c1ccc(CCC(=O)NCC(C)(O)C(=O)O)cc1. The second-order valence-electron chi connectivity index (χ2n) is 5.21. The van der Waals surface area contributed by atoms with Crippen molar-refractivity contribution in [2.75, 3.05) is 13.6 Å². The van der Waals surface area contributed by atoms with E-state index in [4.69, 9.17) is 5.11 Å². The first-order valence-electron chi connectivity index (χ1n) is 6.83. The average molecular weight is 344 g/mol. The van der Waals surface area contributed by atoms with Gasteiger partial charge in [0.15, 0.2) is 5.60 Å². The van der Waals surface area contributed by atoms with Gasteiger partial charge in [-0.1, -0.05) is 12.1 Å². The summed E-state index contributed by atoms with van der Waals surface area (Å²) in [6.45, 7) is 0.705. The first-order valence-corrected chi connectivity index (χ1v) is 8.32. The minimum atomic E-state index is -3.49. The molecule has 1 amide bonds. The van der Waals surface area contributed by atoms with Crippen LogP contribution in [0.3, 0.4) is 0 Å². The lowest BCUT2D eigenvalue weighted by atomic mass is 10.1. The highest BCUT2D eigenvalue weighted by molar-refractivity contribution is 7.89. The molecule has 9 heteroatoms. The fraction of sp³-hybridized carbons (Fsp3) is 0.429. The predicted molar refractivity (Wildman–Crippen MR) is 82.3 cm³/mol. The molecule has 128 valence electrons. The van der Waals surface area contributed by atoms with Crippen LogP contribution in [0.5, 0.6) is 0 Å². The molecule has 1 aromatic rings. The number of amides is 1. The summed E-state index contributed by atoms with van der Waals surface area (Å²) in [6, 6.07) is 6.08. The van der Waals surface area contributed by atoms with Crippen LogP contribution in [-0.4, -0.2) is 49.7 Å². The van der Waals surface area contributed by atoms with Crippen molar-refractivity contribution in [2.45, 2.75) is 30.3 Å². The van der Waals surface area contributed by atoms with Gasteiger partial charge in [0.05, 0.1) is 11.4 Å². The van der Waals surface area contributed by atoms with Crippen LogP contribution in [0.25, 0.3) is 0 Å². The average Bonchev–Trinajstić information content (AvgIpc) is 2.51. The van der Waals surface area contributed by atoms with E-state index in [0.717, 1.165) is 12.5 Å². The summed E-state index contributed by atoms with van der Waals surface area (Å²) in [6.07, 6.45) is 0.453. The maximum atomic E-state index is 11.6. The predicted octanol–water partition coefficient (Wildman–Crippen LogP) is -0.521. The topological polar surface area (TPSA) is 133 Å². The Balaban J connectivity index is 2.53. The second-order valence-corrected chi connectivity index (χ2v) is 7.09. The Hall–Kier alpha value is -1.97. The van der Waals surface area contributed by atoms with Crippen molar-refractivity contribution < 1.29 is 28.2 Å². The smallest absolute Gasteiger partial charge is 0.337 e. The minimum Gasteiger partial charge on any atom is -0.479 e. The first kappa shape index (κ1) is 19.1. The molecule has 0 aliphatic rings. The van der Waals surface area contributed by atoms with E-state index in [-0.39, 0.29) is 17.9 Å². The largest absolute Gasteiger partial charge is 0.479 e. The van der Waals surface area contributed by atoms with E-state index in [9.17, 15) is 23.1 Å². The number of aryl methyl sites for hydroxylation is 1. The summed E-state index contributed by atoms with van der Waals surface area (Å²) in [5.41, 5.74) is -1.25. The van der Waals surface area contributed by atoms with Gasteiger partial charge in [-0.3, -0.25) is 4.79 Å². The Morgan fingerprint density at radius 1 is 1.22 bits per heavy atom. The molecule has 0 spiro atoms. The lowest BCUT2D eigenvalue weighted by molar-refractivity contribution is -0.156. The Kier molecular flexibility index (Phi) is 6.25. The number of aliphatic hydroxyl groups is 1. The number of aliphatic carboxylic acids is 1. The molecule has 1 aromatic carbocycles. The number of carboxylic acid groups (broad SMARTS) is 1. The van der Waals surface area contributed by atoms with Crippen molar-refractivity contribution in [1.82, 2.24) is 10.0 Å². The van der Waals surface area contributed by atoms with Crippen molar-refractivity contribution in [3.05, 3.63) is 29.8 Å². The molecular formula is C14H20N2O6S. The van der Waals surface area contributed by atoms with Crippen molar-refractivity contribution in [1.29, 1.82) is 0 Å². The van der Waals surface area contributed by atoms with Gasteiger partial charge in [-0.15, -0.1) is 0 Å². The minimum absolute atomic E-state index is 0.0911. The fourth-order valence-corrected chi connectivity index (χ4v) is 2.38. The van der Waals surface area contributed by atoms with Gasteiger partial charge in [-0.25, -0.2) is 17.9 Å². The van der Waals surface area contributed by atoms with Crippen molar-refractivity contribution >= 4 is 21.9 Å². The Bertz CT molecular complexity index is 667. The third-order valence-corrected chi connectivity index (χ3v) is 4.66. The zero-order valence-corrected chi connectivity index (χ0v) is 13.7. The molecule has 0 bridgehead atoms. The van der Waals surface area contributed by atoms with Gasteiger partial charge in [-0.2, -0.15) is 0 Å². The highest BCUT2D eigenvalue weighted by atomic mass is 32.2. The summed E-state index contributed by atoms with van der Waals surface area (Å²) in [4.78, 5) is 22.5. The van der Waals surface area contributed by atoms with Crippen LogP contribution in [0.4, 0.5) is 0 Å². The zero-order chi connectivity index (χ0) is 17.7. The number of sulfonamides is 1. The van der Waals surface area contributed by atoms with Crippen molar-refractivity contribution in [3.8, 4) is 0 Å². The van der Waals surface area contributed by atoms with E-state index in [2.05, 4.69) is 10.0 Å². The summed E-state index contributed by atoms with van der Waals surface area (Å²) in [7, 11) is -2.17. The van der Waals surface area contributed by atoms with E-state index < -0.39 is 27.5 Å². The molecule has 0 saturated heterocycles. The number of carboxylic acids is 1. The van der Waals surface area contributed by atoms with Crippen LogP contribution < -0.4 is 10.0 Å². The molecule has 1 atom stereocenters. The molecule has 0 aliphatic carbocycles. The van der Waals surface area contributed by atoms with Gasteiger partial charge >= 0.3 is 5.97 Å². The van der Waals surface area contributed by atoms with Crippen molar-refractivity contribution in [3.63, 3.8) is 0 Å². The zero-order valence-electron chi connectivity index (χ0n) is 12.9. The maximum absolute atomic E-state index is 11.6. The fourth-order valence-electron chi connectivity index (χ4n) is 1.65. The lowest BCUT2D eigenvalue weighted by Crippen LogP contribution is -2.46. The third kappa shape index (κ3) is 5.62. The van der Waals surface area contributed by atoms with E-state index in [1.54, 1.807) is 12.1 Å². The summed E-state index contributed by atoms with van der Waals surface area (Å²) >= 11 is 0. The van der Waals surface area contributed by atoms with Crippen LogP contribution in [0.15, 0.2) is 29.2 Å². The molecule has 1 unspecified atom stereocenters. The highest BCUT2D eigenvalue weighted by Crippen LogP contribution is 2.11. The van der Waals surface area contributed by atoms with E-state index in [1.807, 2.05) is 0 Å². The number of carbonyl (C=O) groups is 2. The van der Waals surface area contributed by atoms with Gasteiger partial charge < -0.3 is 15.5 Å². The molecule has 23 heavy (non-hydrogen) atoms. The summed E-state index contributed by atoms with van der Waals surface area (Å²) < 4.78 is 25.3. The number of benzene rings is 1.